The lowest BCUT2D eigenvalue weighted by Crippen LogP contribution is -2.07. The summed E-state index contributed by atoms with van der Waals surface area (Å²) in [6.45, 7) is 1.83. The lowest BCUT2D eigenvalue weighted by atomic mass is 10.1. The number of rotatable bonds is 6. The van der Waals surface area contributed by atoms with Crippen LogP contribution in [0.1, 0.15) is 33.5 Å². The average Bonchev–Trinajstić information content (AvgIpc) is 3.18. The maximum absolute atomic E-state index is 9.73. The molecule has 0 saturated heterocycles. The number of aliphatic hydroxyl groups excluding tert-OH is 2. The van der Waals surface area contributed by atoms with Gasteiger partial charge in [0.1, 0.15) is 5.37 Å². The summed E-state index contributed by atoms with van der Waals surface area (Å²) >= 11 is 1.76. The molecule has 0 radical (unpaired) electrons. The number of hydrogen-bond acceptors (Lipinski definition) is 6. The van der Waals surface area contributed by atoms with Crippen LogP contribution >= 0.6 is 11.8 Å². The molecule has 25 heavy (non-hydrogen) atoms. The summed E-state index contributed by atoms with van der Waals surface area (Å²) in [4.78, 5) is 0. The molecule has 136 valence electrons. The van der Waals surface area contributed by atoms with Gasteiger partial charge in [0.05, 0.1) is 34.5 Å². The molecular weight excluding hydrogens is 342 g/mol. The highest BCUT2D eigenvalue weighted by atomic mass is 32.2. The van der Waals surface area contributed by atoms with Gasteiger partial charge in [0.25, 0.3) is 0 Å². The zero-order chi connectivity index (χ0) is 18.1. The maximum Gasteiger partial charge on any atom is 0.203 e. The van der Waals surface area contributed by atoms with Crippen LogP contribution in [0.2, 0.25) is 0 Å². The van der Waals surface area contributed by atoms with Gasteiger partial charge in [-0.05, 0) is 24.6 Å². The van der Waals surface area contributed by atoms with E-state index in [1.807, 2.05) is 19.1 Å². The van der Waals surface area contributed by atoms with Crippen molar-refractivity contribution in [2.75, 3.05) is 21.3 Å². The van der Waals surface area contributed by atoms with Crippen LogP contribution in [0.25, 0.3) is 0 Å². The SMILES string of the molecule is COc1cc([C@H]2SCc3c(CO)c(CO)c(C)n32)cc(OC)c1OC. The molecule has 1 aliphatic heterocycles. The molecule has 0 fully saturated rings. The molecule has 0 spiro atoms. The zero-order valence-electron chi connectivity index (χ0n) is 14.8. The maximum atomic E-state index is 9.73. The number of methoxy groups -OCH3 is 3. The van der Waals surface area contributed by atoms with Crippen molar-refractivity contribution in [3.8, 4) is 17.2 Å². The topological polar surface area (TPSA) is 73.1 Å². The standard InChI is InChI=1S/C18H23NO5S/c1-10-12(7-20)13(8-21)14-9-25-18(19(10)14)11-5-15(22-2)17(24-4)16(6-11)23-3/h5-6,18,20-21H,7-9H2,1-4H3/t18-/m1/s1. The first-order chi connectivity index (χ1) is 12.1. The van der Waals surface area contributed by atoms with E-state index in [-0.39, 0.29) is 18.6 Å². The molecule has 0 amide bonds. The van der Waals surface area contributed by atoms with E-state index in [9.17, 15) is 10.2 Å². The van der Waals surface area contributed by atoms with Gasteiger partial charge < -0.3 is 29.0 Å². The highest BCUT2D eigenvalue weighted by molar-refractivity contribution is 7.99. The molecule has 0 aliphatic carbocycles. The summed E-state index contributed by atoms with van der Waals surface area (Å²) in [5.41, 5.74) is 4.71. The summed E-state index contributed by atoms with van der Waals surface area (Å²) in [6.07, 6.45) is 0. The number of thioether (sulfide) groups is 1. The molecule has 6 nitrogen and oxygen atoms in total. The number of ether oxygens (including phenoxy) is 3. The molecule has 2 heterocycles. The second-order valence-electron chi connectivity index (χ2n) is 5.80. The van der Waals surface area contributed by atoms with Crippen LogP contribution in [0, 0.1) is 6.92 Å². The molecule has 0 saturated carbocycles. The summed E-state index contributed by atoms with van der Waals surface area (Å²) in [6, 6.07) is 3.90. The Hall–Kier alpha value is -1.83. The molecule has 0 unspecified atom stereocenters. The Bertz CT molecular complexity index is 761. The highest BCUT2D eigenvalue weighted by Gasteiger charge is 2.32. The summed E-state index contributed by atoms with van der Waals surface area (Å²) in [5, 5.41) is 19.4. The van der Waals surface area contributed by atoms with E-state index in [4.69, 9.17) is 14.2 Å². The van der Waals surface area contributed by atoms with E-state index < -0.39 is 0 Å². The number of benzene rings is 1. The molecule has 1 aromatic carbocycles. The molecule has 1 aromatic heterocycles. The number of nitrogens with zero attached hydrogens (tertiary/aromatic N) is 1. The van der Waals surface area contributed by atoms with Gasteiger partial charge in [0, 0.05) is 28.3 Å². The van der Waals surface area contributed by atoms with Gasteiger partial charge in [-0.1, -0.05) is 0 Å². The van der Waals surface area contributed by atoms with Crippen LogP contribution in [0.4, 0.5) is 0 Å². The van der Waals surface area contributed by atoms with Crippen molar-refractivity contribution < 1.29 is 24.4 Å². The summed E-state index contributed by atoms with van der Waals surface area (Å²) in [5.74, 6) is 2.56. The minimum atomic E-state index is -0.0750. The van der Waals surface area contributed by atoms with E-state index in [0.29, 0.717) is 17.2 Å². The van der Waals surface area contributed by atoms with Crippen molar-refractivity contribution in [1.29, 1.82) is 0 Å². The van der Waals surface area contributed by atoms with Crippen molar-refractivity contribution in [3.63, 3.8) is 0 Å². The van der Waals surface area contributed by atoms with Gasteiger partial charge >= 0.3 is 0 Å². The van der Waals surface area contributed by atoms with Crippen LogP contribution in [0.3, 0.4) is 0 Å². The molecule has 2 N–H and O–H groups in total. The first kappa shape index (κ1) is 18.0. The third-order valence-corrected chi connectivity index (χ3v) is 5.94. The third kappa shape index (κ3) is 2.76. The summed E-state index contributed by atoms with van der Waals surface area (Å²) < 4.78 is 18.5. The minimum absolute atomic E-state index is 0.0225. The van der Waals surface area contributed by atoms with E-state index in [1.54, 1.807) is 33.1 Å². The second-order valence-corrected chi connectivity index (χ2v) is 6.87. The molecule has 7 heteroatoms. The Morgan fingerprint density at radius 2 is 1.64 bits per heavy atom. The lowest BCUT2D eigenvalue weighted by molar-refractivity contribution is 0.260. The predicted octanol–water partition coefficient (Wildman–Crippen LogP) is 2.60. The molecule has 0 bridgehead atoms. The van der Waals surface area contributed by atoms with Gasteiger partial charge in [-0.25, -0.2) is 0 Å². The van der Waals surface area contributed by atoms with Gasteiger partial charge in [-0.2, -0.15) is 0 Å². The van der Waals surface area contributed by atoms with Crippen molar-refractivity contribution in [1.82, 2.24) is 4.57 Å². The fourth-order valence-electron chi connectivity index (χ4n) is 3.48. The number of aliphatic hydroxyl groups is 2. The fraction of sp³-hybridized carbons (Fsp3) is 0.444. The zero-order valence-corrected chi connectivity index (χ0v) is 15.6. The highest BCUT2D eigenvalue weighted by Crippen LogP contribution is 2.48. The molecule has 3 rings (SSSR count). The van der Waals surface area contributed by atoms with Gasteiger partial charge in [0.2, 0.25) is 5.75 Å². The van der Waals surface area contributed by atoms with Crippen LogP contribution < -0.4 is 14.2 Å². The normalized spacial score (nSPS) is 16.0. The first-order valence-electron chi connectivity index (χ1n) is 7.95. The van der Waals surface area contributed by atoms with Crippen LogP contribution in [0.15, 0.2) is 12.1 Å². The van der Waals surface area contributed by atoms with Crippen LogP contribution in [0.5, 0.6) is 17.2 Å². The quantitative estimate of drug-likeness (QED) is 0.820. The van der Waals surface area contributed by atoms with Crippen LogP contribution in [-0.4, -0.2) is 36.1 Å². The van der Waals surface area contributed by atoms with Crippen molar-refractivity contribution >= 4 is 11.8 Å². The Morgan fingerprint density at radius 1 is 1.04 bits per heavy atom. The van der Waals surface area contributed by atoms with Crippen LogP contribution in [-0.2, 0) is 19.0 Å². The Labute approximate surface area is 151 Å². The van der Waals surface area contributed by atoms with E-state index in [1.165, 1.54) is 0 Å². The van der Waals surface area contributed by atoms with E-state index >= 15 is 0 Å². The molecule has 1 aliphatic rings. The van der Waals surface area contributed by atoms with Gasteiger partial charge in [-0.3, -0.25) is 0 Å². The third-order valence-electron chi connectivity index (χ3n) is 4.70. The van der Waals surface area contributed by atoms with Gasteiger partial charge in [0.15, 0.2) is 11.5 Å². The Balaban J connectivity index is 2.14. The molecular formula is C18H23NO5S. The number of hydrogen-bond donors (Lipinski definition) is 2. The van der Waals surface area contributed by atoms with E-state index in [0.717, 1.165) is 33.8 Å². The second kappa shape index (κ2) is 7.19. The minimum Gasteiger partial charge on any atom is -0.493 e. The predicted molar refractivity (Wildman–Crippen MR) is 96.5 cm³/mol. The molecule has 1 atom stereocenters. The Kier molecular flexibility index (Phi) is 5.17. The molecule has 2 aromatic rings. The number of fused-ring (bicyclic) bond motifs is 1. The monoisotopic (exact) mass is 365 g/mol. The Morgan fingerprint density at radius 3 is 2.12 bits per heavy atom. The number of aromatic nitrogens is 1. The van der Waals surface area contributed by atoms with Crippen molar-refractivity contribution in [3.05, 3.63) is 40.2 Å². The smallest absolute Gasteiger partial charge is 0.203 e. The first-order valence-corrected chi connectivity index (χ1v) is 9.00. The average molecular weight is 365 g/mol. The lowest BCUT2D eigenvalue weighted by Gasteiger charge is -2.19. The van der Waals surface area contributed by atoms with Crippen molar-refractivity contribution in [2.45, 2.75) is 31.3 Å². The summed E-state index contributed by atoms with van der Waals surface area (Å²) in [7, 11) is 4.78. The van der Waals surface area contributed by atoms with E-state index in [2.05, 4.69) is 4.57 Å². The van der Waals surface area contributed by atoms with Crippen molar-refractivity contribution in [2.24, 2.45) is 0 Å². The fourth-order valence-corrected chi connectivity index (χ4v) is 4.87. The largest absolute Gasteiger partial charge is 0.493 e. The van der Waals surface area contributed by atoms with Gasteiger partial charge in [-0.15, -0.1) is 11.8 Å².